The van der Waals surface area contributed by atoms with E-state index in [4.69, 9.17) is 9.26 Å². The Balaban J connectivity index is 1.80. The first kappa shape index (κ1) is 18.6. The van der Waals surface area contributed by atoms with E-state index in [1.807, 2.05) is 24.3 Å². The van der Waals surface area contributed by atoms with E-state index < -0.39 is 6.10 Å². The normalized spacial score (nSPS) is 17.4. The van der Waals surface area contributed by atoms with E-state index in [1.165, 1.54) is 0 Å². The molecule has 1 aliphatic heterocycles. The van der Waals surface area contributed by atoms with Crippen LogP contribution in [0.3, 0.4) is 0 Å². The predicted octanol–water partition coefficient (Wildman–Crippen LogP) is 2.74. The van der Waals surface area contributed by atoms with Crippen molar-refractivity contribution in [3.8, 4) is 5.75 Å². The van der Waals surface area contributed by atoms with Gasteiger partial charge in [-0.25, -0.2) is 0 Å². The second-order valence-corrected chi connectivity index (χ2v) is 7.95. The fraction of sp³-hybridized carbons (Fsp3) is 0.500. The lowest BCUT2D eigenvalue weighted by Gasteiger charge is -2.35. The first-order chi connectivity index (χ1) is 12.5. The molecule has 3 rings (SSSR count). The average molecular weight is 376 g/mol. The molecule has 7 nitrogen and oxygen atoms in total. The van der Waals surface area contributed by atoms with Crippen molar-refractivity contribution in [1.82, 2.24) is 15.0 Å². The van der Waals surface area contributed by atoms with Crippen molar-refractivity contribution in [1.29, 1.82) is 0 Å². The Morgan fingerprint density at radius 2 is 2.19 bits per heavy atom. The molecule has 0 aliphatic carbocycles. The highest BCUT2D eigenvalue weighted by Crippen LogP contribution is 2.34. The average Bonchev–Trinajstić information content (AvgIpc) is 3.09. The summed E-state index contributed by atoms with van der Waals surface area (Å²) < 4.78 is 11.3. The zero-order valence-corrected chi connectivity index (χ0v) is 16.3. The maximum atomic E-state index is 12.4. The third-order valence-electron chi connectivity index (χ3n) is 4.17. The number of carbonyl (C=O) groups excluding carboxylic acids is 1. The van der Waals surface area contributed by atoms with Crippen LogP contribution in [0.25, 0.3) is 0 Å². The Hall–Kier alpha value is -2.22. The lowest BCUT2D eigenvalue weighted by molar-refractivity contribution is -0.136. The molecule has 26 heavy (non-hydrogen) atoms. The second kappa shape index (κ2) is 7.99. The Kier molecular flexibility index (Phi) is 5.70. The van der Waals surface area contributed by atoms with Gasteiger partial charge in [0.1, 0.15) is 5.75 Å². The van der Waals surface area contributed by atoms with Crippen molar-refractivity contribution in [2.45, 2.75) is 31.7 Å². The lowest BCUT2D eigenvalue weighted by atomic mass is 10.1. The number of anilines is 1. The Labute approximate surface area is 157 Å². The van der Waals surface area contributed by atoms with Gasteiger partial charge in [0, 0.05) is 14.1 Å². The van der Waals surface area contributed by atoms with Gasteiger partial charge >= 0.3 is 0 Å². The minimum Gasteiger partial charge on any atom is -0.477 e. The SMILES string of the molecule is CCSC(C)c1noc(CN2CC(C(=O)N(C)C)Oc3ccccc32)n1. The van der Waals surface area contributed by atoms with E-state index in [-0.39, 0.29) is 11.2 Å². The summed E-state index contributed by atoms with van der Waals surface area (Å²) in [6.07, 6.45) is -0.558. The van der Waals surface area contributed by atoms with E-state index in [1.54, 1.807) is 30.8 Å². The molecule has 0 radical (unpaired) electrons. The number of ether oxygens (including phenoxy) is 1. The van der Waals surface area contributed by atoms with E-state index in [0.717, 1.165) is 11.4 Å². The van der Waals surface area contributed by atoms with E-state index >= 15 is 0 Å². The first-order valence-electron chi connectivity index (χ1n) is 8.65. The minimum atomic E-state index is -0.558. The molecule has 1 aliphatic rings. The Bertz CT molecular complexity index is 764. The molecular formula is C18H24N4O3S. The smallest absolute Gasteiger partial charge is 0.265 e. The number of carbonyl (C=O) groups is 1. The molecule has 2 heterocycles. The van der Waals surface area contributed by atoms with Crippen molar-refractivity contribution >= 4 is 23.4 Å². The van der Waals surface area contributed by atoms with Crippen molar-refractivity contribution < 1.29 is 14.1 Å². The predicted molar refractivity (Wildman–Crippen MR) is 101 cm³/mol. The Morgan fingerprint density at radius 1 is 1.42 bits per heavy atom. The van der Waals surface area contributed by atoms with Gasteiger partial charge in [0.15, 0.2) is 11.9 Å². The van der Waals surface area contributed by atoms with Gasteiger partial charge in [-0.3, -0.25) is 4.79 Å². The quantitative estimate of drug-likeness (QED) is 0.767. The maximum Gasteiger partial charge on any atom is 0.265 e. The van der Waals surface area contributed by atoms with Crippen LogP contribution in [0.1, 0.15) is 30.8 Å². The van der Waals surface area contributed by atoms with Crippen LogP contribution in [0.4, 0.5) is 5.69 Å². The van der Waals surface area contributed by atoms with Crippen molar-refractivity contribution in [3.05, 3.63) is 36.0 Å². The molecule has 1 amide bonds. The van der Waals surface area contributed by atoms with Gasteiger partial charge in [-0.2, -0.15) is 16.7 Å². The van der Waals surface area contributed by atoms with Crippen LogP contribution < -0.4 is 9.64 Å². The van der Waals surface area contributed by atoms with Gasteiger partial charge in [0.05, 0.1) is 24.0 Å². The van der Waals surface area contributed by atoms with E-state index in [2.05, 4.69) is 28.9 Å². The van der Waals surface area contributed by atoms with Crippen molar-refractivity contribution in [3.63, 3.8) is 0 Å². The molecule has 0 fully saturated rings. The van der Waals surface area contributed by atoms with E-state index in [0.29, 0.717) is 30.6 Å². The molecule has 0 saturated carbocycles. The number of thioether (sulfide) groups is 1. The number of hydrogen-bond acceptors (Lipinski definition) is 7. The third-order valence-corrected chi connectivity index (χ3v) is 5.21. The van der Waals surface area contributed by atoms with Gasteiger partial charge in [0.2, 0.25) is 5.89 Å². The van der Waals surface area contributed by atoms with Crippen LogP contribution >= 0.6 is 11.8 Å². The number of para-hydroxylation sites is 2. The highest BCUT2D eigenvalue weighted by molar-refractivity contribution is 7.99. The van der Waals surface area contributed by atoms with Crippen LogP contribution in [-0.4, -0.2) is 53.4 Å². The number of nitrogens with zero attached hydrogens (tertiary/aromatic N) is 4. The molecule has 8 heteroatoms. The second-order valence-electron chi connectivity index (χ2n) is 6.33. The van der Waals surface area contributed by atoms with E-state index in [9.17, 15) is 4.79 Å². The molecular weight excluding hydrogens is 352 g/mol. The summed E-state index contributed by atoms with van der Waals surface area (Å²) in [6, 6.07) is 7.69. The molecule has 0 saturated heterocycles. The summed E-state index contributed by atoms with van der Waals surface area (Å²) in [4.78, 5) is 20.5. The van der Waals surface area contributed by atoms with Crippen molar-refractivity contribution in [2.75, 3.05) is 31.3 Å². The standard InChI is InChI=1S/C18H24N4O3S/c1-5-26-12(2)17-19-16(25-20-17)11-22-10-15(18(23)21(3)4)24-14-9-7-6-8-13(14)22/h6-9,12,15H,5,10-11H2,1-4H3. The van der Waals surface area contributed by atoms with Gasteiger partial charge in [0.25, 0.3) is 5.91 Å². The fourth-order valence-electron chi connectivity index (χ4n) is 2.86. The number of fused-ring (bicyclic) bond motifs is 1. The summed E-state index contributed by atoms with van der Waals surface area (Å²) in [5, 5.41) is 4.29. The number of benzene rings is 1. The van der Waals surface area contributed by atoms with Crippen LogP contribution in [0.2, 0.25) is 0 Å². The van der Waals surface area contributed by atoms with Crippen LogP contribution in [0, 0.1) is 0 Å². The van der Waals surface area contributed by atoms with Crippen molar-refractivity contribution in [2.24, 2.45) is 0 Å². The molecule has 0 spiro atoms. The number of amides is 1. The number of rotatable bonds is 6. The van der Waals surface area contributed by atoms with Gasteiger partial charge in [-0.1, -0.05) is 24.2 Å². The number of aromatic nitrogens is 2. The molecule has 0 bridgehead atoms. The van der Waals surface area contributed by atoms with Crippen LogP contribution in [-0.2, 0) is 11.3 Å². The molecule has 2 atom stereocenters. The third kappa shape index (κ3) is 3.95. The lowest BCUT2D eigenvalue weighted by Crippen LogP contribution is -2.48. The summed E-state index contributed by atoms with van der Waals surface area (Å²) in [7, 11) is 3.46. The summed E-state index contributed by atoms with van der Waals surface area (Å²) in [6.45, 7) is 5.05. The number of likely N-dealkylation sites (N-methyl/N-ethyl adjacent to an activating group) is 1. The highest BCUT2D eigenvalue weighted by atomic mass is 32.2. The maximum absolute atomic E-state index is 12.4. The largest absolute Gasteiger partial charge is 0.477 e. The molecule has 1 aromatic carbocycles. The molecule has 0 N–H and O–H groups in total. The zero-order chi connectivity index (χ0) is 18.7. The van der Waals surface area contributed by atoms with Crippen LogP contribution in [0.15, 0.2) is 28.8 Å². The first-order valence-corrected chi connectivity index (χ1v) is 9.70. The molecule has 1 aromatic heterocycles. The number of hydrogen-bond donors (Lipinski definition) is 0. The minimum absolute atomic E-state index is 0.0660. The fourth-order valence-corrected chi connectivity index (χ4v) is 3.60. The topological polar surface area (TPSA) is 71.7 Å². The molecule has 140 valence electrons. The molecule has 2 aromatic rings. The zero-order valence-electron chi connectivity index (χ0n) is 15.5. The summed E-state index contributed by atoms with van der Waals surface area (Å²) in [5.74, 6) is 2.86. The van der Waals surface area contributed by atoms with Gasteiger partial charge in [-0.15, -0.1) is 0 Å². The Morgan fingerprint density at radius 3 is 2.92 bits per heavy atom. The summed E-state index contributed by atoms with van der Waals surface area (Å²) in [5.41, 5.74) is 0.922. The van der Waals surface area contributed by atoms with Gasteiger partial charge in [-0.05, 0) is 24.8 Å². The van der Waals surface area contributed by atoms with Crippen LogP contribution in [0.5, 0.6) is 5.75 Å². The van der Waals surface area contributed by atoms with Gasteiger partial charge < -0.3 is 19.1 Å². The highest BCUT2D eigenvalue weighted by Gasteiger charge is 2.32. The molecule has 2 unspecified atom stereocenters. The monoisotopic (exact) mass is 376 g/mol. The summed E-state index contributed by atoms with van der Waals surface area (Å²) >= 11 is 1.77.